The van der Waals surface area contributed by atoms with Gasteiger partial charge in [-0.2, -0.15) is 0 Å². The monoisotopic (exact) mass is 232 g/mol. The number of esters is 1. The van der Waals surface area contributed by atoms with E-state index in [4.69, 9.17) is 9.15 Å². The molecule has 0 atom stereocenters. The molecule has 3 N–H and O–H groups in total. The summed E-state index contributed by atoms with van der Waals surface area (Å²) < 4.78 is 10.3. The number of carbonyl (C=O) groups excluding carboxylic acids is 1. The smallest absolute Gasteiger partial charge is 0.341 e. The van der Waals surface area contributed by atoms with Crippen molar-refractivity contribution in [2.24, 2.45) is 0 Å². The van der Waals surface area contributed by atoms with Crippen molar-refractivity contribution in [1.82, 2.24) is 0 Å². The highest BCUT2D eigenvalue weighted by molar-refractivity contribution is 5.91. The Morgan fingerprint density at radius 1 is 1.35 bits per heavy atom. The second-order valence-electron chi connectivity index (χ2n) is 3.56. The van der Waals surface area contributed by atoms with Gasteiger partial charge in [-0.3, -0.25) is 0 Å². The average Bonchev–Trinajstić information content (AvgIpc) is 2.83. The van der Waals surface area contributed by atoms with E-state index in [9.17, 15) is 4.79 Å². The van der Waals surface area contributed by atoms with E-state index >= 15 is 0 Å². The molecule has 0 aliphatic rings. The summed E-state index contributed by atoms with van der Waals surface area (Å²) >= 11 is 0. The SMILES string of the molecule is COC(=O)c1cc(-c2ccccc2)oc1C[NH3+]. The topological polar surface area (TPSA) is 67.1 Å². The molecule has 0 aliphatic heterocycles. The molecule has 0 unspecified atom stereocenters. The molecule has 4 nitrogen and oxygen atoms in total. The molecule has 0 aliphatic carbocycles. The predicted molar refractivity (Wildman–Crippen MR) is 62.1 cm³/mol. The lowest BCUT2D eigenvalue weighted by Crippen LogP contribution is -2.47. The number of furan rings is 1. The minimum absolute atomic E-state index is 0.394. The largest absolute Gasteiger partial charge is 0.465 e. The van der Waals surface area contributed by atoms with Crippen LogP contribution < -0.4 is 5.73 Å². The summed E-state index contributed by atoms with van der Waals surface area (Å²) in [5.41, 5.74) is 5.11. The third kappa shape index (κ3) is 2.21. The molecule has 1 aromatic carbocycles. The van der Waals surface area contributed by atoms with Gasteiger partial charge in [-0.25, -0.2) is 4.79 Å². The zero-order valence-electron chi connectivity index (χ0n) is 9.60. The summed E-state index contributed by atoms with van der Waals surface area (Å²) in [5.74, 6) is 0.815. The minimum atomic E-state index is -0.394. The van der Waals surface area contributed by atoms with Crippen molar-refractivity contribution in [3.8, 4) is 11.3 Å². The van der Waals surface area contributed by atoms with E-state index in [-0.39, 0.29) is 0 Å². The summed E-state index contributed by atoms with van der Waals surface area (Å²) in [7, 11) is 1.35. The van der Waals surface area contributed by atoms with Crippen LogP contribution in [-0.2, 0) is 11.3 Å². The molecule has 0 bridgehead atoms. The quantitative estimate of drug-likeness (QED) is 0.815. The molecule has 0 saturated heterocycles. The molecule has 88 valence electrons. The molecule has 17 heavy (non-hydrogen) atoms. The Bertz CT molecular complexity index is 517. The summed E-state index contributed by atoms with van der Waals surface area (Å²) in [5, 5.41) is 0. The van der Waals surface area contributed by atoms with Crippen LogP contribution in [0.2, 0.25) is 0 Å². The number of carbonyl (C=O) groups is 1. The zero-order valence-corrected chi connectivity index (χ0v) is 9.60. The average molecular weight is 232 g/mol. The zero-order chi connectivity index (χ0) is 12.3. The van der Waals surface area contributed by atoms with Crippen LogP contribution in [0.5, 0.6) is 0 Å². The van der Waals surface area contributed by atoms with Crippen molar-refractivity contribution < 1.29 is 19.7 Å². The van der Waals surface area contributed by atoms with Gasteiger partial charge in [0.25, 0.3) is 0 Å². The van der Waals surface area contributed by atoms with Gasteiger partial charge in [0.1, 0.15) is 17.9 Å². The molecule has 2 aromatic rings. The molecule has 0 amide bonds. The van der Waals surface area contributed by atoms with Gasteiger partial charge in [0.15, 0.2) is 5.76 Å². The molecule has 0 spiro atoms. The molecule has 1 heterocycles. The van der Waals surface area contributed by atoms with Gasteiger partial charge >= 0.3 is 5.97 Å². The fraction of sp³-hybridized carbons (Fsp3) is 0.154. The first-order valence-electron chi connectivity index (χ1n) is 5.32. The molecular formula is C13H14NO3+. The number of ether oxygens (including phenoxy) is 1. The summed E-state index contributed by atoms with van der Waals surface area (Å²) in [6.07, 6.45) is 0. The second-order valence-corrected chi connectivity index (χ2v) is 3.56. The van der Waals surface area contributed by atoms with E-state index in [0.29, 0.717) is 23.6 Å². The number of quaternary nitrogens is 1. The molecule has 0 fully saturated rings. The van der Waals surface area contributed by atoms with Crippen LogP contribution in [0.25, 0.3) is 11.3 Å². The minimum Gasteiger partial charge on any atom is -0.465 e. The first-order chi connectivity index (χ1) is 8.26. The van der Waals surface area contributed by atoms with Gasteiger partial charge in [0.05, 0.1) is 7.11 Å². The van der Waals surface area contributed by atoms with Crippen LogP contribution in [0.3, 0.4) is 0 Å². The van der Waals surface area contributed by atoms with Crippen LogP contribution in [0.1, 0.15) is 16.1 Å². The van der Waals surface area contributed by atoms with E-state index in [1.54, 1.807) is 6.07 Å². The van der Waals surface area contributed by atoms with Gasteiger partial charge in [-0.1, -0.05) is 30.3 Å². The van der Waals surface area contributed by atoms with E-state index < -0.39 is 5.97 Å². The predicted octanol–water partition coefficient (Wildman–Crippen LogP) is 1.48. The van der Waals surface area contributed by atoms with Gasteiger partial charge in [0, 0.05) is 5.56 Å². The number of hydrogen-bond acceptors (Lipinski definition) is 3. The Kier molecular flexibility index (Phi) is 3.25. The molecule has 0 radical (unpaired) electrons. The van der Waals surface area contributed by atoms with Crippen molar-refractivity contribution in [3.63, 3.8) is 0 Å². The maximum absolute atomic E-state index is 11.5. The Balaban J connectivity index is 2.45. The molecule has 1 aromatic heterocycles. The van der Waals surface area contributed by atoms with Crippen LogP contribution in [-0.4, -0.2) is 13.1 Å². The highest BCUT2D eigenvalue weighted by atomic mass is 16.5. The fourth-order valence-corrected chi connectivity index (χ4v) is 1.64. The highest BCUT2D eigenvalue weighted by Crippen LogP contribution is 2.25. The Labute approximate surface area is 99.0 Å². The Morgan fingerprint density at radius 3 is 2.65 bits per heavy atom. The molecular weight excluding hydrogens is 218 g/mol. The van der Waals surface area contributed by atoms with E-state index in [2.05, 4.69) is 5.73 Å². The van der Waals surface area contributed by atoms with E-state index in [0.717, 1.165) is 5.56 Å². The number of benzene rings is 1. The van der Waals surface area contributed by atoms with Crippen LogP contribution in [0, 0.1) is 0 Å². The third-order valence-corrected chi connectivity index (χ3v) is 2.50. The lowest BCUT2D eigenvalue weighted by Gasteiger charge is -1.95. The van der Waals surface area contributed by atoms with Crippen molar-refractivity contribution in [1.29, 1.82) is 0 Å². The maximum atomic E-state index is 11.5. The number of rotatable bonds is 3. The summed E-state index contributed by atoms with van der Waals surface area (Å²) in [6, 6.07) is 11.3. The van der Waals surface area contributed by atoms with Crippen molar-refractivity contribution in [2.45, 2.75) is 6.54 Å². The lowest BCUT2D eigenvalue weighted by molar-refractivity contribution is -0.390. The Morgan fingerprint density at radius 2 is 2.06 bits per heavy atom. The van der Waals surface area contributed by atoms with Crippen molar-refractivity contribution in [3.05, 3.63) is 47.7 Å². The van der Waals surface area contributed by atoms with Gasteiger partial charge in [0.2, 0.25) is 0 Å². The standard InChI is InChI=1S/C13H13NO3/c1-16-13(15)10-7-11(17-12(10)8-14)9-5-3-2-4-6-9/h2-7H,8,14H2,1H3/p+1. The van der Waals surface area contributed by atoms with Crippen LogP contribution in [0.15, 0.2) is 40.8 Å². The first kappa shape index (κ1) is 11.4. The van der Waals surface area contributed by atoms with Gasteiger partial charge < -0.3 is 14.9 Å². The first-order valence-corrected chi connectivity index (χ1v) is 5.32. The number of methoxy groups -OCH3 is 1. The van der Waals surface area contributed by atoms with Crippen molar-refractivity contribution in [2.75, 3.05) is 7.11 Å². The second kappa shape index (κ2) is 4.84. The van der Waals surface area contributed by atoms with Crippen LogP contribution >= 0.6 is 0 Å². The normalized spacial score (nSPS) is 10.2. The fourth-order valence-electron chi connectivity index (χ4n) is 1.64. The summed E-state index contributed by atoms with van der Waals surface area (Å²) in [6.45, 7) is 0.414. The molecule has 2 rings (SSSR count). The van der Waals surface area contributed by atoms with E-state index in [1.807, 2.05) is 30.3 Å². The maximum Gasteiger partial charge on any atom is 0.341 e. The van der Waals surface area contributed by atoms with Crippen LogP contribution in [0.4, 0.5) is 0 Å². The highest BCUT2D eigenvalue weighted by Gasteiger charge is 2.19. The Hall–Kier alpha value is -2.07. The molecule has 4 heteroatoms. The van der Waals surface area contributed by atoms with E-state index in [1.165, 1.54) is 7.11 Å². The molecule has 0 saturated carbocycles. The van der Waals surface area contributed by atoms with Gasteiger partial charge in [-0.15, -0.1) is 0 Å². The third-order valence-electron chi connectivity index (χ3n) is 2.50. The van der Waals surface area contributed by atoms with Gasteiger partial charge in [-0.05, 0) is 6.07 Å². The van der Waals surface area contributed by atoms with Crippen molar-refractivity contribution >= 4 is 5.97 Å². The number of hydrogen-bond donors (Lipinski definition) is 1. The summed E-state index contributed by atoms with van der Waals surface area (Å²) in [4.78, 5) is 11.5. The lowest BCUT2D eigenvalue weighted by atomic mass is 10.1.